The van der Waals surface area contributed by atoms with E-state index in [-0.39, 0.29) is 5.41 Å². The predicted octanol–water partition coefficient (Wildman–Crippen LogP) is 6.67. The third kappa shape index (κ3) is 3.05. The van der Waals surface area contributed by atoms with Crippen LogP contribution < -0.4 is 0 Å². The molecule has 0 fully saturated rings. The maximum atomic E-state index is 12.7. The summed E-state index contributed by atoms with van der Waals surface area (Å²) >= 11 is 1.39. The fourth-order valence-corrected chi connectivity index (χ4v) is 3.42. The molecule has 0 amide bonds. The molecule has 0 unspecified atom stereocenters. The molecule has 0 radical (unpaired) electrons. The monoisotopic (exact) mass is 349 g/mol. The fourth-order valence-electron chi connectivity index (χ4n) is 2.59. The Morgan fingerprint density at radius 3 is 2.17 bits per heavy atom. The molecule has 0 aliphatic carbocycles. The highest BCUT2D eigenvalue weighted by Crippen LogP contribution is 2.36. The summed E-state index contributed by atoms with van der Waals surface area (Å²) in [6, 6.07) is 11.4. The second-order valence-corrected chi connectivity index (χ2v) is 7.36. The van der Waals surface area contributed by atoms with Crippen molar-refractivity contribution in [2.24, 2.45) is 0 Å². The van der Waals surface area contributed by atoms with Crippen molar-refractivity contribution in [1.29, 1.82) is 0 Å². The normalized spacial score (nSPS) is 12.8. The minimum absolute atomic E-state index is 0.0900. The second-order valence-electron chi connectivity index (χ2n) is 6.55. The lowest BCUT2D eigenvalue weighted by Gasteiger charge is -2.23. The van der Waals surface area contributed by atoms with Crippen molar-refractivity contribution in [1.82, 2.24) is 4.37 Å². The molecular weight excluding hydrogens is 331 g/mol. The van der Waals surface area contributed by atoms with Gasteiger partial charge >= 0.3 is 6.18 Å². The predicted molar refractivity (Wildman–Crippen MR) is 93.4 cm³/mol. The van der Waals surface area contributed by atoms with Crippen molar-refractivity contribution in [2.75, 3.05) is 0 Å². The van der Waals surface area contributed by atoms with E-state index in [0.717, 1.165) is 34.3 Å². The number of rotatable bonds is 3. The molecule has 0 spiro atoms. The summed E-state index contributed by atoms with van der Waals surface area (Å²) in [5, 5.41) is 0.982. The zero-order valence-corrected chi connectivity index (χ0v) is 14.6. The van der Waals surface area contributed by atoms with Crippen LogP contribution in [0, 0.1) is 0 Å². The van der Waals surface area contributed by atoms with Crippen molar-refractivity contribution < 1.29 is 13.2 Å². The Balaban J connectivity index is 2.02. The number of hydrogen-bond donors (Lipinski definition) is 0. The van der Waals surface area contributed by atoms with Crippen LogP contribution in [0.1, 0.15) is 38.3 Å². The van der Waals surface area contributed by atoms with E-state index in [1.165, 1.54) is 29.2 Å². The molecule has 0 atom stereocenters. The maximum Gasteiger partial charge on any atom is 0.416 e. The molecule has 126 valence electrons. The zero-order valence-electron chi connectivity index (χ0n) is 13.7. The van der Waals surface area contributed by atoms with Gasteiger partial charge in [-0.25, -0.2) is 0 Å². The summed E-state index contributed by atoms with van der Waals surface area (Å²) < 4.78 is 43.6. The highest BCUT2D eigenvalue weighted by molar-refractivity contribution is 7.13. The van der Waals surface area contributed by atoms with Crippen LogP contribution in [0.15, 0.2) is 42.5 Å². The zero-order chi connectivity index (χ0) is 17.5. The molecule has 24 heavy (non-hydrogen) atoms. The molecule has 0 aliphatic rings. The summed E-state index contributed by atoms with van der Waals surface area (Å²) in [4.78, 5) is 0. The van der Waals surface area contributed by atoms with Crippen molar-refractivity contribution in [2.45, 2.75) is 38.8 Å². The van der Waals surface area contributed by atoms with E-state index >= 15 is 0 Å². The second kappa shape index (κ2) is 5.88. The summed E-state index contributed by atoms with van der Waals surface area (Å²) in [5.41, 5.74) is 2.14. The smallest absolute Gasteiger partial charge is 0.191 e. The molecule has 2 aromatic carbocycles. The van der Waals surface area contributed by atoms with Crippen LogP contribution in [-0.2, 0) is 11.6 Å². The van der Waals surface area contributed by atoms with Gasteiger partial charge in [-0.2, -0.15) is 17.5 Å². The average Bonchev–Trinajstić information content (AvgIpc) is 2.97. The molecule has 0 saturated carbocycles. The van der Waals surface area contributed by atoms with Crippen molar-refractivity contribution in [3.8, 4) is 11.3 Å². The van der Waals surface area contributed by atoms with Crippen molar-refractivity contribution in [3.63, 3.8) is 0 Å². The molecule has 0 N–H and O–H groups in total. The first kappa shape index (κ1) is 17.0. The van der Waals surface area contributed by atoms with Gasteiger partial charge in [0.1, 0.15) is 0 Å². The van der Waals surface area contributed by atoms with Crippen LogP contribution in [0.2, 0.25) is 0 Å². The average molecular weight is 349 g/mol. The number of aromatic nitrogens is 1. The van der Waals surface area contributed by atoms with Gasteiger partial charge in [0.15, 0.2) is 0 Å². The van der Waals surface area contributed by atoms with Crippen LogP contribution in [0.3, 0.4) is 0 Å². The molecule has 5 heteroatoms. The lowest BCUT2D eigenvalue weighted by molar-refractivity contribution is -0.137. The SMILES string of the molecule is CCC(C)(C)c1ccc2c(-c3ccc(C(F)(F)F)cc3)nsc2c1. The Hall–Kier alpha value is -1.88. The van der Waals surface area contributed by atoms with Gasteiger partial charge < -0.3 is 0 Å². The van der Waals surface area contributed by atoms with Crippen LogP contribution in [-0.4, -0.2) is 4.37 Å². The Kier molecular flexibility index (Phi) is 4.16. The van der Waals surface area contributed by atoms with Crippen LogP contribution in [0.5, 0.6) is 0 Å². The number of halogens is 3. The molecular formula is C19H18F3NS. The highest BCUT2D eigenvalue weighted by atomic mass is 32.1. The van der Waals surface area contributed by atoms with Gasteiger partial charge in [-0.15, -0.1) is 0 Å². The van der Waals surface area contributed by atoms with Gasteiger partial charge in [0.05, 0.1) is 16.0 Å². The Labute approximate surface area is 143 Å². The van der Waals surface area contributed by atoms with Gasteiger partial charge in [0.25, 0.3) is 0 Å². The summed E-state index contributed by atoms with van der Waals surface area (Å²) in [6.07, 6.45) is -3.29. The first-order valence-electron chi connectivity index (χ1n) is 7.80. The van der Waals surface area contributed by atoms with E-state index in [0.29, 0.717) is 5.56 Å². The number of nitrogens with zero attached hydrogens (tertiary/aromatic N) is 1. The number of alkyl halides is 3. The number of fused-ring (bicyclic) bond motifs is 1. The highest BCUT2D eigenvalue weighted by Gasteiger charge is 2.30. The van der Waals surface area contributed by atoms with E-state index in [2.05, 4.69) is 37.3 Å². The standard InChI is InChI=1S/C19H18F3NS/c1-4-18(2,3)14-9-10-15-16(11-14)24-23-17(15)12-5-7-13(8-6-12)19(20,21)22/h5-11H,4H2,1-3H3. The van der Waals surface area contributed by atoms with E-state index in [4.69, 9.17) is 0 Å². The van der Waals surface area contributed by atoms with E-state index in [1.807, 2.05) is 6.07 Å². The Morgan fingerprint density at radius 2 is 1.58 bits per heavy atom. The molecule has 3 rings (SSSR count). The third-order valence-corrected chi connectivity index (χ3v) is 5.43. The molecule has 1 heterocycles. The number of hydrogen-bond acceptors (Lipinski definition) is 2. The molecule has 0 saturated heterocycles. The largest absolute Gasteiger partial charge is 0.416 e. The maximum absolute atomic E-state index is 12.7. The van der Waals surface area contributed by atoms with Crippen molar-refractivity contribution >= 4 is 21.6 Å². The van der Waals surface area contributed by atoms with Gasteiger partial charge in [-0.1, -0.05) is 45.0 Å². The van der Waals surface area contributed by atoms with Gasteiger partial charge in [0.2, 0.25) is 0 Å². The molecule has 0 aliphatic heterocycles. The minimum Gasteiger partial charge on any atom is -0.191 e. The first-order chi connectivity index (χ1) is 11.2. The van der Waals surface area contributed by atoms with E-state index in [1.54, 1.807) is 0 Å². The van der Waals surface area contributed by atoms with Gasteiger partial charge in [0, 0.05) is 10.9 Å². The molecule has 1 aromatic heterocycles. The van der Waals surface area contributed by atoms with Gasteiger partial charge in [-0.3, -0.25) is 0 Å². The topological polar surface area (TPSA) is 12.9 Å². The summed E-state index contributed by atoms with van der Waals surface area (Å²) in [6.45, 7) is 6.56. The Morgan fingerprint density at radius 1 is 0.958 bits per heavy atom. The summed E-state index contributed by atoms with van der Waals surface area (Å²) in [7, 11) is 0. The summed E-state index contributed by atoms with van der Waals surface area (Å²) in [5.74, 6) is 0. The third-order valence-electron chi connectivity index (χ3n) is 4.62. The minimum atomic E-state index is -4.32. The van der Waals surface area contributed by atoms with Crippen LogP contribution in [0.25, 0.3) is 21.3 Å². The molecule has 1 nitrogen and oxygen atoms in total. The van der Waals surface area contributed by atoms with Gasteiger partial charge in [-0.05, 0) is 47.1 Å². The number of benzene rings is 2. The van der Waals surface area contributed by atoms with Crippen LogP contribution >= 0.6 is 11.5 Å². The first-order valence-corrected chi connectivity index (χ1v) is 8.57. The molecule has 0 bridgehead atoms. The van der Waals surface area contributed by atoms with E-state index in [9.17, 15) is 13.2 Å². The van der Waals surface area contributed by atoms with Crippen LogP contribution in [0.4, 0.5) is 13.2 Å². The lowest BCUT2D eigenvalue weighted by Crippen LogP contribution is -2.14. The lowest BCUT2D eigenvalue weighted by atomic mass is 9.82. The Bertz CT molecular complexity index is 860. The quantitative estimate of drug-likeness (QED) is 0.514. The fraction of sp³-hybridized carbons (Fsp3) is 0.316. The molecule has 3 aromatic rings. The van der Waals surface area contributed by atoms with Crippen molar-refractivity contribution in [3.05, 3.63) is 53.6 Å². The van der Waals surface area contributed by atoms with E-state index < -0.39 is 11.7 Å².